The van der Waals surface area contributed by atoms with Crippen LogP contribution in [0.5, 0.6) is 0 Å². The number of unbranched alkanes of at least 4 members (excludes halogenated alkanes) is 1. The highest BCUT2D eigenvalue weighted by atomic mass is 19.4. The third kappa shape index (κ3) is 3.72. The van der Waals surface area contributed by atoms with E-state index in [9.17, 15) is 13.2 Å². The van der Waals surface area contributed by atoms with Gasteiger partial charge in [0.15, 0.2) is 5.65 Å². The van der Waals surface area contributed by atoms with Crippen molar-refractivity contribution >= 4 is 22.8 Å². The quantitative estimate of drug-likeness (QED) is 0.712. The molecule has 0 saturated carbocycles. The van der Waals surface area contributed by atoms with Crippen molar-refractivity contribution in [3.8, 4) is 0 Å². The van der Waals surface area contributed by atoms with Crippen LogP contribution in [0.3, 0.4) is 0 Å². The maximum absolute atomic E-state index is 12.0. The molecule has 2 heterocycles. The van der Waals surface area contributed by atoms with E-state index in [2.05, 4.69) is 30.8 Å². The van der Waals surface area contributed by atoms with Gasteiger partial charge >= 0.3 is 6.18 Å². The van der Waals surface area contributed by atoms with Gasteiger partial charge in [0.05, 0.1) is 11.6 Å². The lowest BCUT2D eigenvalue weighted by atomic mass is 10.2. The van der Waals surface area contributed by atoms with Crippen LogP contribution in [0.15, 0.2) is 6.20 Å². The molecule has 3 N–H and O–H groups in total. The van der Waals surface area contributed by atoms with Crippen molar-refractivity contribution in [2.24, 2.45) is 0 Å². The van der Waals surface area contributed by atoms with E-state index in [1.807, 2.05) is 0 Å². The minimum atomic E-state index is -4.09. The molecule has 0 saturated heterocycles. The largest absolute Gasteiger partial charge is 0.389 e. The third-order valence-electron chi connectivity index (χ3n) is 2.71. The second-order valence-electron chi connectivity index (χ2n) is 4.28. The summed E-state index contributed by atoms with van der Waals surface area (Å²) in [6, 6.07) is 0. The first-order valence-corrected chi connectivity index (χ1v) is 6.19. The standard InChI is InChI=1S/C11H15F3N6/c1-15-10-18-8(7-6-17-20-9(7)19-10)16-5-3-2-4-11(12,13)14/h6H,2-5H2,1H3,(H3,15,16,17,18,19,20). The lowest BCUT2D eigenvalue weighted by Gasteiger charge is -2.09. The monoisotopic (exact) mass is 288 g/mol. The Morgan fingerprint density at radius 1 is 1.25 bits per heavy atom. The van der Waals surface area contributed by atoms with Crippen LogP contribution in [0.2, 0.25) is 0 Å². The van der Waals surface area contributed by atoms with E-state index >= 15 is 0 Å². The zero-order valence-corrected chi connectivity index (χ0v) is 10.9. The van der Waals surface area contributed by atoms with Gasteiger partial charge in [-0.05, 0) is 12.8 Å². The molecule has 0 aliphatic rings. The fourth-order valence-electron chi connectivity index (χ4n) is 1.74. The van der Waals surface area contributed by atoms with Crippen LogP contribution in [0.1, 0.15) is 19.3 Å². The van der Waals surface area contributed by atoms with E-state index in [1.165, 1.54) is 0 Å². The van der Waals surface area contributed by atoms with Crippen molar-refractivity contribution in [2.45, 2.75) is 25.4 Å². The van der Waals surface area contributed by atoms with Crippen LogP contribution in [0.25, 0.3) is 11.0 Å². The first-order chi connectivity index (χ1) is 9.49. The summed E-state index contributed by atoms with van der Waals surface area (Å²) in [5.74, 6) is 0.972. The number of nitrogens with one attached hydrogen (secondary N) is 3. The topological polar surface area (TPSA) is 78.5 Å². The summed E-state index contributed by atoms with van der Waals surface area (Å²) in [6.07, 6.45) is -2.77. The van der Waals surface area contributed by atoms with Gasteiger partial charge in [0.25, 0.3) is 0 Å². The van der Waals surface area contributed by atoms with Gasteiger partial charge in [-0.1, -0.05) is 0 Å². The Labute approximate surface area is 113 Å². The molecule has 0 atom stereocenters. The Morgan fingerprint density at radius 2 is 2.05 bits per heavy atom. The highest BCUT2D eigenvalue weighted by Gasteiger charge is 2.25. The Bertz CT molecular complexity index is 565. The van der Waals surface area contributed by atoms with E-state index in [-0.39, 0.29) is 6.42 Å². The molecule has 0 aromatic carbocycles. The van der Waals surface area contributed by atoms with Crippen LogP contribution < -0.4 is 10.6 Å². The average Bonchev–Trinajstić information content (AvgIpc) is 2.84. The predicted molar refractivity (Wildman–Crippen MR) is 69.6 cm³/mol. The number of halogens is 3. The molecule has 0 aliphatic carbocycles. The van der Waals surface area contributed by atoms with Gasteiger partial charge in [0.2, 0.25) is 5.95 Å². The van der Waals surface area contributed by atoms with E-state index in [0.717, 1.165) is 0 Å². The van der Waals surface area contributed by atoms with Crippen molar-refractivity contribution in [1.29, 1.82) is 0 Å². The molecular formula is C11H15F3N6. The number of hydrogen-bond donors (Lipinski definition) is 3. The van der Waals surface area contributed by atoms with Crippen molar-refractivity contribution in [1.82, 2.24) is 20.2 Å². The van der Waals surface area contributed by atoms with E-state index in [1.54, 1.807) is 13.2 Å². The van der Waals surface area contributed by atoms with Crippen molar-refractivity contribution in [3.63, 3.8) is 0 Å². The summed E-state index contributed by atoms with van der Waals surface area (Å²) in [7, 11) is 1.69. The summed E-state index contributed by atoms with van der Waals surface area (Å²) in [5, 5.41) is 13.1. The summed E-state index contributed by atoms with van der Waals surface area (Å²) in [6.45, 7) is 0.413. The van der Waals surface area contributed by atoms with Gasteiger partial charge in [-0.25, -0.2) is 0 Å². The number of aromatic amines is 1. The number of aromatic nitrogens is 4. The summed E-state index contributed by atoms with van der Waals surface area (Å²) in [5.41, 5.74) is 0.571. The number of anilines is 2. The number of rotatable bonds is 6. The molecular weight excluding hydrogens is 273 g/mol. The molecule has 0 spiro atoms. The number of H-pyrrole nitrogens is 1. The summed E-state index contributed by atoms with van der Waals surface area (Å²) in [4.78, 5) is 8.38. The Balaban J connectivity index is 1.94. The Hall–Kier alpha value is -2.06. The smallest absolute Gasteiger partial charge is 0.369 e. The maximum Gasteiger partial charge on any atom is 0.389 e. The van der Waals surface area contributed by atoms with Crippen molar-refractivity contribution in [2.75, 3.05) is 24.2 Å². The molecule has 0 unspecified atom stereocenters. The Kier molecular flexibility index (Phi) is 4.26. The molecule has 0 amide bonds. The second kappa shape index (κ2) is 5.93. The highest BCUT2D eigenvalue weighted by molar-refractivity contribution is 5.86. The lowest BCUT2D eigenvalue weighted by Crippen LogP contribution is -2.10. The molecule has 2 rings (SSSR count). The zero-order valence-electron chi connectivity index (χ0n) is 10.9. The van der Waals surface area contributed by atoms with Crippen LogP contribution >= 0.6 is 0 Å². The molecule has 20 heavy (non-hydrogen) atoms. The molecule has 0 radical (unpaired) electrons. The first-order valence-electron chi connectivity index (χ1n) is 6.19. The number of fused-ring (bicyclic) bond motifs is 1. The first kappa shape index (κ1) is 14.4. The van der Waals surface area contributed by atoms with Gasteiger partial charge in [-0.2, -0.15) is 28.2 Å². The normalized spacial score (nSPS) is 11.8. The minimum Gasteiger partial charge on any atom is -0.369 e. The molecule has 0 fully saturated rings. The third-order valence-corrected chi connectivity index (χ3v) is 2.71. The summed E-state index contributed by atoms with van der Waals surface area (Å²) >= 11 is 0. The van der Waals surface area contributed by atoms with Crippen LogP contribution in [0, 0.1) is 0 Å². The van der Waals surface area contributed by atoms with Gasteiger partial charge in [0.1, 0.15) is 5.82 Å². The fraction of sp³-hybridized carbons (Fsp3) is 0.545. The fourth-order valence-corrected chi connectivity index (χ4v) is 1.74. The zero-order chi connectivity index (χ0) is 14.6. The van der Waals surface area contributed by atoms with Crippen LogP contribution in [0.4, 0.5) is 24.9 Å². The molecule has 9 heteroatoms. The van der Waals surface area contributed by atoms with Crippen LogP contribution in [-0.2, 0) is 0 Å². The molecule has 6 nitrogen and oxygen atoms in total. The van der Waals surface area contributed by atoms with E-state index in [4.69, 9.17) is 0 Å². The van der Waals surface area contributed by atoms with E-state index < -0.39 is 12.6 Å². The number of nitrogens with zero attached hydrogens (tertiary/aromatic N) is 3. The van der Waals surface area contributed by atoms with Gasteiger partial charge in [0, 0.05) is 20.0 Å². The van der Waals surface area contributed by atoms with Gasteiger partial charge in [-0.15, -0.1) is 0 Å². The number of alkyl halides is 3. The average molecular weight is 288 g/mol. The number of hydrogen-bond acceptors (Lipinski definition) is 5. The molecule has 2 aromatic rings. The second-order valence-corrected chi connectivity index (χ2v) is 4.28. The predicted octanol–water partition coefficient (Wildman–Crippen LogP) is 2.54. The highest BCUT2D eigenvalue weighted by Crippen LogP contribution is 2.23. The van der Waals surface area contributed by atoms with Crippen molar-refractivity contribution < 1.29 is 13.2 Å². The molecule has 0 aliphatic heterocycles. The molecule has 2 aromatic heterocycles. The lowest BCUT2D eigenvalue weighted by molar-refractivity contribution is -0.135. The van der Waals surface area contributed by atoms with Crippen molar-refractivity contribution in [3.05, 3.63) is 6.20 Å². The SMILES string of the molecule is CNc1nc(NCCCCC(F)(F)F)c2cn[nH]c2n1. The van der Waals surface area contributed by atoms with Gasteiger partial charge < -0.3 is 10.6 Å². The maximum atomic E-state index is 12.0. The summed E-state index contributed by atoms with van der Waals surface area (Å²) < 4.78 is 36.0. The van der Waals surface area contributed by atoms with Crippen LogP contribution in [-0.4, -0.2) is 39.9 Å². The Morgan fingerprint density at radius 3 is 2.75 bits per heavy atom. The molecule has 110 valence electrons. The van der Waals surface area contributed by atoms with Gasteiger partial charge in [-0.3, -0.25) is 5.10 Å². The van der Waals surface area contributed by atoms with E-state index in [0.29, 0.717) is 35.8 Å². The minimum absolute atomic E-state index is 0.0923. The molecule has 0 bridgehead atoms.